The van der Waals surface area contributed by atoms with Crippen LogP contribution in [0.5, 0.6) is 0 Å². The Hall–Kier alpha value is -0.240. The first-order chi connectivity index (χ1) is 7.52. The van der Waals surface area contributed by atoms with E-state index in [2.05, 4.69) is 0 Å². The zero-order valence-corrected chi connectivity index (χ0v) is 11.2. The molecular formula is C13H18Cl2O. The molecular weight excluding hydrogens is 243 g/mol. The lowest BCUT2D eigenvalue weighted by Gasteiger charge is -2.14. The number of benzene rings is 1. The Kier molecular flexibility index (Phi) is 5.60. The van der Waals surface area contributed by atoms with Crippen LogP contribution >= 0.6 is 23.2 Å². The van der Waals surface area contributed by atoms with E-state index in [-0.39, 0.29) is 6.10 Å². The first-order valence-electron chi connectivity index (χ1n) is 5.63. The molecule has 1 N–H and O–H groups in total. The molecule has 0 spiro atoms. The molecule has 1 rings (SSSR count). The van der Waals surface area contributed by atoms with E-state index in [9.17, 15) is 5.11 Å². The van der Waals surface area contributed by atoms with Crippen LogP contribution in [0.25, 0.3) is 0 Å². The Morgan fingerprint density at radius 3 is 2.25 bits per heavy atom. The minimum Gasteiger partial charge on any atom is -0.393 e. The highest BCUT2D eigenvalue weighted by atomic mass is 35.5. The highest BCUT2D eigenvalue weighted by Crippen LogP contribution is 2.26. The van der Waals surface area contributed by atoms with Crippen LogP contribution in [0.4, 0.5) is 0 Å². The normalized spacial score (nSPS) is 13.1. The van der Waals surface area contributed by atoms with Crippen LogP contribution in [0.1, 0.15) is 32.3 Å². The predicted molar refractivity (Wildman–Crippen MR) is 70.2 cm³/mol. The van der Waals surface area contributed by atoms with Crippen molar-refractivity contribution in [3.63, 3.8) is 0 Å². The smallest absolute Gasteiger partial charge is 0.0563 e. The van der Waals surface area contributed by atoms with Gasteiger partial charge in [0.1, 0.15) is 0 Å². The molecule has 0 aliphatic carbocycles. The van der Waals surface area contributed by atoms with E-state index in [0.29, 0.717) is 16.0 Å². The summed E-state index contributed by atoms with van der Waals surface area (Å²) in [7, 11) is 0. The molecule has 1 atom stereocenters. The Labute approximate surface area is 107 Å². The third-order valence-corrected chi connectivity index (χ3v) is 3.47. The van der Waals surface area contributed by atoms with Crippen molar-refractivity contribution >= 4 is 23.2 Å². The summed E-state index contributed by atoms with van der Waals surface area (Å²) in [6, 6.07) is 5.54. The molecule has 0 radical (unpaired) electrons. The van der Waals surface area contributed by atoms with Gasteiger partial charge in [-0.1, -0.05) is 43.1 Å². The Morgan fingerprint density at radius 1 is 1.19 bits per heavy atom. The van der Waals surface area contributed by atoms with Crippen molar-refractivity contribution in [3.05, 3.63) is 33.8 Å². The van der Waals surface area contributed by atoms with Gasteiger partial charge in [0.15, 0.2) is 0 Å². The van der Waals surface area contributed by atoms with Crippen LogP contribution in [0, 0.1) is 5.92 Å². The van der Waals surface area contributed by atoms with Gasteiger partial charge in [0.05, 0.1) is 6.10 Å². The molecule has 0 saturated carbocycles. The fraction of sp³-hybridized carbons (Fsp3) is 0.538. The highest BCUT2D eigenvalue weighted by molar-refractivity contribution is 6.35. The highest BCUT2D eigenvalue weighted by Gasteiger charge is 2.10. The number of rotatable bonds is 5. The summed E-state index contributed by atoms with van der Waals surface area (Å²) < 4.78 is 0. The van der Waals surface area contributed by atoms with E-state index >= 15 is 0 Å². The molecule has 0 saturated heterocycles. The summed E-state index contributed by atoms with van der Waals surface area (Å²) in [5.41, 5.74) is 0.988. The van der Waals surface area contributed by atoms with Gasteiger partial charge in [-0.15, -0.1) is 0 Å². The lowest BCUT2D eigenvalue weighted by molar-refractivity contribution is 0.114. The number of hydrogen-bond acceptors (Lipinski definition) is 1. The molecule has 90 valence electrons. The third kappa shape index (κ3) is 3.97. The summed E-state index contributed by atoms with van der Waals surface area (Å²) in [6.07, 6.45) is 2.28. The fourth-order valence-electron chi connectivity index (χ4n) is 1.59. The number of aliphatic hydroxyl groups excluding tert-OH is 1. The Morgan fingerprint density at radius 2 is 1.75 bits per heavy atom. The second-order valence-electron chi connectivity index (χ2n) is 4.40. The molecule has 0 fully saturated rings. The molecule has 1 unspecified atom stereocenters. The van der Waals surface area contributed by atoms with Gasteiger partial charge < -0.3 is 5.11 Å². The average Bonchev–Trinajstić information content (AvgIpc) is 2.22. The minimum absolute atomic E-state index is 0.235. The quantitative estimate of drug-likeness (QED) is 0.836. The number of aliphatic hydroxyl groups is 1. The van der Waals surface area contributed by atoms with Gasteiger partial charge in [0.2, 0.25) is 0 Å². The third-order valence-electron chi connectivity index (χ3n) is 2.76. The first kappa shape index (κ1) is 13.8. The van der Waals surface area contributed by atoms with E-state index in [1.165, 1.54) is 0 Å². The molecule has 1 nitrogen and oxygen atoms in total. The minimum atomic E-state index is -0.235. The van der Waals surface area contributed by atoms with Crippen molar-refractivity contribution in [2.75, 3.05) is 0 Å². The van der Waals surface area contributed by atoms with Crippen molar-refractivity contribution in [1.82, 2.24) is 0 Å². The van der Waals surface area contributed by atoms with Gasteiger partial charge in [-0.25, -0.2) is 0 Å². The molecule has 1 aromatic rings. The molecule has 16 heavy (non-hydrogen) atoms. The van der Waals surface area contributed by atoms with Crippen molar-refractivity contribution in [2.45, 2.75) is 39.2 Å². The van der Waals surface area contributed by atoms with Crippen molar-refractivity contribution in [1.29, 1.82) is 0 Å². The summed E-state index contributed by atoms with van der Waals surface area (Å²) in [4.78, 5) is 0. The SMILES string of the molecule is CC(C)C(O)CCCc1c(Cl)cccc1Cl. The van der Waals surface area contributed by atoms with Gasteiger partial charge in [-0.05, 0) is 42.9 Å². The lowest BCUT2D eigenvalue weighted by atomic mass is 9.99. The molecule has 0 amide bonds. The van der Waals surface area contributed by atoms with E-state index < -0.39 is 0 Å². The maximum Gasteiger partial charge on any atom is 0.0563 e. The maximum atomic E-state index is 9.68. The maximum absolute atomic E-state index is 9.68. The van der Waals surface area contributed by atoms with E-state index in [0.717, 1.165) is 24.8 Å². The van der Waals surface area contributed by atoms with Crippen molar-refractivity contribution in [2.24, 2.45) is 5.92 Å². The van der Waals surface area contributed by atoms with Crippen LogP contribution in [0.2, 0.25) is 10.0 Å². The second kappa shape index (κ2) is 6.48. The topological polar surface area (TPSA) is 20.2 Å². The van der Waals surface area contributed by atoms with Gasteiger partial charge in [-0.2, -0.15) is 0 Å². The van der Waals surface area contributed by atoms with Crippen LogP contribution in [-0.4, -0.2) is 11.2 Å². The fourth-order valence-corrected chi connectivity index (χ4v) is 2.18. The Balaban J connectivity index is 2.49. The van der Waals surface area contributed by atoms with Crippen LogP contribution in [-0.2, 0) is 6.42 Å². The monoisotopic (exact) mass is 260 g/mol. The summed E-state index contributed by atoms with van der Waals surface area (Å²) >= 11 is 12.1. The molecule has 0 aliphatic rings. The van der Waals surface area contributed by atoms with Crippen LogP contribution in [0.3, 0.4) is 0 Å². The molecule has 1 aromatic carbocycles. The molecule has 0 aliphatic heterocycles. The standard InChI is InChI=1S/C13H18Cl2O/c1-9(2)13(16)8-3-5-10-11(14)6-4-7-12(10)15/h4,6-7,9,13,16H,3,5,8H2,1-2H3. The summed E-state index contributed by atoms with van der Waals surface area (Å²) in [5.74, 6) is 0.307. The number of halogens is 2. The van der Waals surface area contributed by atoms with Gasteiger partial charge in [0, 0.05) is 10.0 Å². The molecule has 0 aromatic heterocycles. The number of hydrogen-bond donors (Lipinski definition) is 1. The van der Waals surface area contributed by atoms with Crippen molar-refractivity contribution in [3.8, 4) is 0 Å². The largest absolute Gasteiger partial charge is 0.393 e. The van der Waals surface area contributed by atoms with Crippen LogP contribution in [0.15, 0.2) is 18.2 Å². The zero-order valence-electron chi connectivity index (χ0n) is 9.71. The van der Waals surface area contributed by atoms with E-state index in [4.69, 9.17) is 23.2 Å². The van der Waals surface area contributed by atoms with E-state index in [1.54, 1.807) is 0 Å². The van der Waals surface area contributed by atoms with E-state index in [1.807, 2.05) is 32.0 Å². The Bertz CT molecular complexity index is 316. The lowest BCUT2D eigenvalue weighted by Crippen LogP contribution is -2.14. The molecule has 0 heterocycles. The summed E-state index contributed by atoms with van der Waals surface area (Å²) in [6.45, 7) is 4.04. The predicted octanol–water partition coefficient (Wildman–Crippen LogP) is 4.33. The second-order valence-corrected chi connectivity index (χ2v) is 5.22. The van der Waals surface area contributed by atoms with Gasteiger partial charge >= 0.3 is 0 Å². The average molecular weight is 261 g/mol. The van der Waals surface area contributed by atoms with Crippen molar-refractivity contribution < 1.29 is 5.11 Å². The first-order valence-corrected chi connectivity index (χ1v) is 6.39. The van der Waals surface area contributed by atoms with Gasteiger partial charge in [-0.3, -0.25) is 0 Å². The molecule has 0 bridgehead atoms. The zero-order chi connectivity index (χ0) is 12.1. The van der Waals surface area contributed by atoms with Crippen LogP contribution < -0.4 is 0 Å². The molecule has 3 heteroatoms. The van der Waals surface area contributed by atoms with Gasteiger partial charge in [0.25, 0.3) is 0 Å². The summed E-state index contributed by atoms with van der Waals surface area (Å²) in [5, 5.41) is 11.1.